The zero-order valence-corrected chi connectivity index (χ0v) is 18.5. The number of para-hydroxylation sites is 1. The minimum Gasteiger partial charge on any atom is -0.348 e. The maximum absolute atomic E-state index is 14.5. The number of sulfonamides is 1. The van der Waals surface area contributed by atoms with Crippen molar-refractivity contribution in [1.82, 2.24) is 5.32 Å². The molecule has 0 saturated heterocycles. The van der Waals surface area contributed by atoms with Gasteiger partial charge in [0.25, 0.3) is 10.0 Å². The molecule has 1 atom stereocenters. The van der Waals surface area contributed by atoms with Crippen molar-refractivity contribution in [2.75, 3.05) is 10.8 Å². The molecule has 0 saturated carbocycles. The number of halogens is 1. The summed E-state index contributed by atoms with van der Waals surface area (Å²) >= 11 is 0. The predicted octanol–water partition coefficient (Wildman–Crippen LogP) is 4.52. The number of anilines is 1. The first kappa shape index (κ1) is 22.5. The van der Waals surface area contributed by atoms with Crippen LogP contribution in [0.4, 0.5) is 10.1 Å². The zero-order valence-electron chi connectivity index (χ0n) is 17.7. The van der Waals surface area contributed by atoms with E-state index in [-0.39, 0.29) is 16.6 Å². The Kier molecular flexibility index (Phi) is 6.75. The van der Waals surface area contributed by atoms with Crippen LogP contribution in [0.3, 0.4) is 0 Å². The molecule has 3 rings (SSSR count). The van der Waals surface area contributed by atoms with Crippen LogP contribution in [0.2, 0.25) is 0 Å². The molecule has 0 aromatic heterocycles. The van der Waals surface area contributed by atoms with Crippen molar-refractivity contribution in [3.63, 3.8) is 0 Å². The fourth-order valence-corrected chi connectivity index (χ4v) is 4.66. The van der Waals surface area contributed by atoms with Gasteiger partial charge in [-0.2, -0.15) is 0 Å². The van der Waals surface area contributed by atoms with Gasteiger partial charge in [-0.3, -0.25) is 9.10 Å². The van der Waals surface area contributed by atoms with Crippen LogP contribution in [0, 0.1) is 19.7 Å². The first-order valence-electron chi connectivity index (χ1n) is 9.89. The Balaban J connectivity index is 1.89. The minimum atomic E-state index is -4.15. The van der Waals surface area contributed by atoms with Gasteiger partial charge in [0.15, 0.2) is 0 Å². The second-order valence-electron chi connectivity index (χ2n) is 7.41. The molecule has 0 unspecified atom stereocenters. The van der Waals surface area contributed by atoms with E-state index in [0.29, 0.717) is 0 Å². The number of rotatable bonds is 7. The summed E-state index contributed by atoms with van der Waals surface area (Å²) in [7, 11) is -4.15. The van der Waals surface area contributed by atoms with E-state index in [1.54, 1.807) is 18.2 Å². The van der Waals surface area contributed by atoms with E-state index in [2.05, 4.69) is 5.32 Å². The third-order valence-corrected chi connectivity index (χ3v) is 6.92. The second-order valence-corrected chi connectivity index (χ2v) is 9.27. The van der Waals surface area contributed by atoms with Crippen molar-refractivity contribution in [1.29, 1.82) is 0 Å². The summed E-state index contributed by atoms with van der Waals surface area (Å²) in [6, 6.07) is 18.7. The van der Waals surface area contributed by atoms with Crippen LogP contribution < -0.4 is 9.62 Å². The molecule has 1 N–H and O–H groups in total. The van der Waals surface area contributed by atoms with E-state index in [1.165, 1.54) is 36.4 Å². The molecule has 0 bridgehead atoms. The minimum absolute atomic E-state index is 0.0201. The van der Waals surface area contributed by atoms with E-state index in [1.807, 2.05) is 39.0 Å². The molecular formula is C24H25FN2O3S. The van der Waals surface area contributed by atoms with E-state index < -0.39 is 28.3 Å². The lowest BCUT2D eigenvalue weighted by Gasteiger charge is -2.25. The molecular weight excluding hydrogens is 415 g/mol. The number of hydrogen-bond donors (Lipinski definition) is 1. The number of amides is 1. The van der Waals surface area contributed by atoms with Crippen molar-refractivity contribution in [2.24, 2.45) is 0 Å². The molecule has 0 radical (unpaired) electrons. The van der Waals surface area contributed by atoms with Crippen molar-refractivity contribution in [2.45, 2.75) is 31.7 Å². The van der Waals surface area contributed by atoms with Crippen molar-refractivity contribution in [3.05, 3.63) is 95.3 Å². The Labute approximate surface area is 182 Å². The lowest BCUT2D eigenvalue weighted by atomic mass is 10.0. The number of carbonyl (C=O) groups is 1. The van der Waals surface area contributed by atoms with Gasteiger partial charge < -0.3 is 5.32 Å². The standard InChI is InChI=1S/C24H25FN2O3S/c1-17-13-14-20(15-18(17)2)19(3)26-24(28)16-27(23-12-8-7-11-22(23)25)31(29,30)21-9-5-4-6-10-21/h4-15,19H,16H2,1-3H3,(H,26,28)/t19-/m1/s1. The van der Waals surface area contributed by atoms with E-state index in [0.717, 1.165) is 21.0 Å². The van der Waals surface area contributed by atoms with Crippen molar-refractivity contribution < 1.29 is 17.6 Å². The lowest BCUT2D eigenvalue weighted by Crippen LogP contribution is -2.42. The summed E-state index contributed by atoms with van der Waals surface area (Å²) in [5.41, 5.74) is 2.96. The number of nitrogens with zero attached hydrogens (tertiary/aromatic N) is 1. The van der Waals surface area contributed by atoms with Gasteiger partial charge in [-0.05, 0) is 61.7 Å². The molecule has 0 spiro atoms. The third kappa shape index (κ3) is 5.11. The van der Waals surface area contributed by atoms with Crippen LogP contribution in [-0.2, 0) is 14.8 Å². The van der Waals surface area contributed by atoms with Crippen molar-refractivity contribution in [3.8, 4) is 0 Å². The molecule has 0 heterocycles. The molecule has 0 aliphatic heterocycles. The number of carbonyl (C=O) groups excluding carboxylic acids is 1. The monoisotopic (exact) mass is 440 g/mol. The van der Waals surface area contributed by atoms with Gasteiger partial charge in [0.05, 0.1) is 16.6 Å². The average Bonchev–Trinajstić information content (AvgIpc) is 2.75. The summed E-state index contributed by atoms with van der Waals surface area (Å²) in [6.07, 6.45) is 0. The van der Waals surface area contributed by atoms with Gasteiger partial charge >= 0.3 is 0 Å². The van der Waals surface area contributed by atoms with E-state index >= 15 is 0 Å². The highest BCUT2D eigenvalue weighted by atomic mass is 32.2. The summed E-state index contributed by atoms with van der Waals surface area (Å²) in [5.74, 6) is -1.26. The first-order chi connectivity index (χ1) is 14.7. The molecule has 3 aromatic rings. The molecule has 0 fully saturated rings. The second kappa shape index (κ2) is 9.31. The van der Waals surface area contributed by atoms with Crippen LogP contribution in [0.5, 0.6) is 0 Å². The zero-order chi connectivity index (χ0) is 22.6. The quantitative estimate of drug-likeness (QED) is 0.588. The highest BCUT2D eigenvalue weighted by Gasteiger charge is 2.29. The van der Waals surface area contributed by atoms with Gasteiger partial charge in [-0.1, -0.05) is 48.5 Å². The Morgan fingerprint density at radius 3 is 2.26 bits per heavy atom. The predicted molar refractivity (Wildman–Crippen MR) is 120 cm³/mol. The van der Waals surface area contributed by atoms with Gasteiger partial charge in [-0.15, -0.1) is 0 Å². The smallest absolute Gasteiger partial charge is 0.264 e. The average molecular weight is 441 g/mol. The molecule has 3 aromatic carbocycles. The van der Waals surface area contributed by atoms with Crippen LogP contribution in [0.25, 0.3) is 0 Å². The maximum atomic E-state index is 14.5. The molecule has 0 aliphatic carbocycles. The number of benzene rings is 3. The SMILES string of the molecule is Cc1ccc([C@@H](C)NC(=O)CN(c2ccccc2F)S(=O)(=O)c2ccccc2)cc1C. The summed E-state index contributed by atoms with van der Waals surface area (Å²) in [4.78, 5) is 12.8. The number of nitrogens with one attached hydrogen (secondary N) is 1. The van der Waals surface area contributed by atoms with Crippen LogP contribution in [-0.4, -0.2) is 20.9 Å². The van der Waals surface area contributed by atoms with Gasteiger partial charge in [0.2, 0.25) is 5.91 Å². The largest absolute Gasteiger partial charge is 0.348 e. The molecule has 7 heteroatoms. The highest BCUT2D eigenvalue weighted by molar-refractivity contribution is 7.92. The molecule has 0 aliphatic rings. The van der Waals surface area contributed by atoms with Gasteiger partial charge in [0.1, 0.15) is 12.4 Å². The van der Waals surface area contributed by atoms with Crippen molar-refractivity contribution >= 4 is 21.6 Å². The number of aryl methyl sites for hydroxylation is 2. The van der Waals surface area contributed by atoms with Crippen LogP contribution in [0.1, 0.15) is 29.7 Å². The fraction of sp³-hybridized carbons (Fsp3) is 0.208. The summed E-state index contributed by atoms with van der Waals surface area (Å²) < 4.78 is 41.8. The van der Waals surface area contributed by atoms with E-state index in [4.69, 9.17) is 0 Å². The Morgan fingerprint density at radius 2 is 1.61 bits per heavy atom. The first-order valence-corrected chi connectivity index (χ1v) is 11.3. The Bertz CT molecular complexity index is 1180. The van der Waals surface area contributed by atoms with Gasteiger partial charge in [-0.25, -0.2) is 12.8 Å². The van der Waals surface area contributed by atoms with Gasteiger partial charge in [0, 0.05) is 0 Å². The molecule has 162 valence electrons. The van der Waals surface area contributed by atoms with E-state index in [9.17, 15) is 17.6 Å². The summed E-state index contributed by atoms with van der Waals surface area (Å²) in [5, 5.41) is 2.82. The van der Waals surface area contributed by atoms with Crippen LogP contribution in [0.15, 0.2) is 77.7 Å². The molecule has 5 nitrogen and oxygen atoms in total. The number of hydrogen-bond acceptors (Lipinski definition) is 3. The molecule has 1 amide bonds. The van der Waals surface area contributed by atoms with Crippen LogP contribution >= 0.6 is 0 Å². The third-order valence-electron chi connectivity index (χ3n) is 5.15. The highest BCUT2D eigenvalue weighted by Crippen LogP contribution is 2.26. The normalized spacial score (nSPS) is 12.3. The lowest BCUT2D eigenvalue weighted by molar-refractivity contribution is -0.120. The Hall–Kier alpha value is -3.19. The summed E-state index contributed by atoms with van der Waals surface area (Å²) in [6.45, 7) is 5.26. The topological polar surface area (TPSA) is 66.5 Å². The molecule has 31 heavy (non-hydrogen) atoms. The Morgan fingerprint density at radius 1 is 0.968 bits per heavy atom. The maximum Gasteiger partial charge on any atom is 0.264 e. The fourth-order valence-electron chi connectivity index (χ4n) is 3.21.